The predicted octanol–water partition coefficient (Wildman–Crippen LogP) is 2.80. The van der Waals surface area contributed by atoms with Crippen LogP contribution < -0.4 is 0 Å². The van der Waals surface area contributed by atoms with Gasteiger partial charge in [-0.05, 0) is 24.8 Å². The van der Waals surface area contributed by atoms with Gasteiger partial charge in [-0.1, -0.05) is 20.8 Å². The molecular weight excluding hydrogens is 190 g/mol. The molecule has 3 heteroatoms. The monoisotopic (exact) mass is 209 g/mol. The lowest BCUT2D eigenvalue weighted by Crippen LogP contribution is -2.17. The van der Waals surface area contributed by atoms with Crippen molar-refractivity contribution in [1.29, 1.82) is 0 Å². The van der Waals surface area contributed by atoms with Gasteiger partial charge in [0, 0.05) is 11.9 Å². The van der Waals surface area contributed by atoms with Gasteiger partial charge in [0.1, 0.15) is 0 Å². The molecule has 0 bridgehead atoms. The van der Waals surface area contributed by atoms with E-state index in [1.54, 1.807) is 0 Å². The van der Waals surface area contributed by atoms with E-state index in [9.17, 15) is 4.79 Å². The molecule has 1 aromatic heterocycles. The normalized spacial score (nSPS) is 11.5. The zero-order valence-electron chi connectivity index (χ0n) is 10.1. The van der Waals surface area contributed by atoms with Gasteiger partial charge in [-0.25, -0.2) is 4.79 Å². The summed E-state index contributed by atoms with van der Waals surface area (Å²) in [5.74, 6) is -0.235. The van der Waals surface area contributed by atoms with Gasteiger partial charge in [-0.15, -0.1) is 0 Å². The Balaban J connectivity index is 3.16. The summed E-state index contributed by atoms with van der Waals surface area (Å²) in [5, 5.41) is 0. The fourth-order valence-corrected chi connectivity index (χ4v) is 1.58. The molecule has 0 aliphatic carbocycles. The minimum Gasteiger partial charge on any atom is -0.462 e. The number of carbonyl (C=O) groups is 1. The summed E-state index contributed by atoms with van der Waals surface area (Å²) in [6.07, 6.45) is 1.89. The number of aryl methyl sites for hydroxylation is 1. The summed E-state index contributed by atoms with van der Waals surface area (Å²) in [4.78, 5) is 14.8. The highest BCUT2D eigenvalue weighted by Crippen LogP contribution is 2.28. The number of hydrogen-bond donors (Lipinski definition) is 1. The third-order valence-corrected chi connectivity index (χ3v) is 2.36. The van der Waals surface area contributed by atoms with Crippen LogP contribution >= 0.6 is 0 Å². The smallest absolute Gasteiger partial charge is 0.340 e. The van der Waals surface area contributed by atoms with E-state index in [-0.39, 0.29) is 11.4 Å². The summed E-state index contributed by atoms with van der Waals surface area (Å²) < 4.78 is 5.04. The van der Waals surface area contributed by atoms with E-state index in [0.29, 0.717) is 12.2 Å². The van der Waals surface area contributed by atoms with Gasteiger partial charge in [0.05, 0.1) is 12.2 Å². The molecule has 1 N–H and O–H groups in total. The molecule has 0 saturated heterocycles. The molecule has 0 amide bonds. The van der Waals surface area contributed by atoms with Gasteiger partial charge in [0.15, 0.2) is 0 Å². The van der Waals surface area contributed by atoms with E-state index in [4.69, 9.17) is 4.74 Å². The number of rotatable bonds is 2. The number of aromatic nitrogens is 1. The lowest BCUT2D eigenvalue weighted by molar-refractivity contribution is 0.0523. The van der Waals surface area contributed by atoms with E-state index in [1.807, 2.05) is 20.0 Å². The van der Waals surface area contributed by atoms with Crippen LogP contribution in [0.15, 0.2) is 6.20 Å². The van der Waals surface area contributed by atoms with Crippen LogP contribution in [0.2, 0.25) is 0 Å². The van der Waals surface area contributed by atoms with Crippen LogP contribution in [0.4, 0.5) is 0 Å². The zero-order valence-corrected chi connectivity index (χ0v) is 10.1. The van der Waals surface area contributed by atoms with E-state index in [2.05, 4.69) is 25.8 Å². The second kappa shape index (κ2) is 4.09. The van der Waals surface area contributed by atoms with Gasteiger partial charge < -0.3 is 9.72 Å². The second-order valence-electron chi connectivity index (χ2n) is 4.67. The summed E-state index contributed by atoms with van der Waals surface area (Å²) >= 11 is 0. The van der Waals surface area contributed by atoms with Gasteiger partial charge in [-0.3, -0.25) is 0 Å². The maximum absolute atomic E-state index is 11.8. The quantitative estimate of drug-likeness (QED) is 0.761. The average molecular weight is 209 g/mol. The largest absolute Gasteiger partial charge is 0.462 e. The van der Waals surface area contributed by atoms with Crippen molar-refractivity contribution in [1.82, 2.24) is 4.98 Å². The first-order chi connectivity index (χ1) is 6.88. The van der Waals surface area contributed by atoms with Gasteiger partial charge >= 0.3 is 5.97 Å². The highest BCUT2D eigenvalue weighted by molar-refractivity contribution is 5.92. The van der Waals surface area contributed by atoms with Gasteiger partial charge in [0.2, 0.25) is 0 Å². The Labute approximate surface area is 90.8 Å². The van der Waals surface area contributed by atoms with E-state index in [1.165, 1.54) is 0 Å². The van der Waals surface area contributed by atoms with Gasteiger partial charge in [0.25, 0.3) is 0 Å². The van der Waals surface area contributed by atoms with Crippen LogP contribution in [-0.4, -0.2) is 17.6 Å². The second-order valence-corrected chi connectivity index (χ2v) is 4.67. The third-order valence-electron chi connectivity index (χ3n) is 2.36. The molecule has 0 atom stereocenters. The first-order valence-electron chi connectivity index (χ1n) is 5.23. The fraction of sp³-hybridized carbons (Fsp3) is 0.583. The van der Waals surface area contributed by atoms with Crippen molar-refractivity contribution >= 4 is 5.97 Å². The number of esters is 1. The summed E-state index contributed by atoms with van der Waals surface area (Å²) in [6, 6.07) is 0. The van der Waals surface area contributed by atoms with Crippen molar-refractivity contribution in [2.75, 3.05) is 6.61 Å². The first-order valence-corrected chi connectivity index (χ1v) is 5.23. The number of ether oxygens (including phenoxy) is 1. The van der Waals surface area contributed by atoms with Crippen LogP contribution in [0.1, 0.15) is 49.3 Å². The Morgan fingerprint density at radius 1 is 1.47 bits per heavy atom. The van der Waals surface area contributed by atoms with Crippen LogP contribution in [0.3, 0.4) is 0 Å². The predicted molar refractivity (Wildman–Crippen MR) is 60.2 cm³/mol. The summed E-state index contributed by atoms with van der Waals surface area (Å²) in [6.45, 7) is 10.4. The van der Waals surface area contributed by atoms with Crippen LogP contribution in [0.25, 0.3) is 0 Å². The Morgan fingerprint density at radius 3 is 2.53 bits per heavy atom. The van der Waals surface area contributed by atoms with E-state index < -0.39 is 0 Å². The van der Waals surface area contributed by atoms with Gasteiger partial charge in [-0.2, -0.15) is 0 Å². The Morgan fingerprint density at radius 2 is 2.07 bits per heavy atom. The van der Waals surface area contributed by atoms with E-state index >= 15 is 0 Å². The molecule has 0 aromatic carbocycles. The average Bonchev–Trinajstić information content (AvgIpc) is 2.46. The van der Waals surface area contributed by atoms with Crippen molar-refractivity contribution in [3.05, 3.63) is 23.0 Å². The molecule has 3 nitrogen and oxygen atoms in total. The molecule has 1 heterocycles. The molecule has 84 valence electrons. The zero-order chi connectivity index (χ0) is 11.6. The molecule has 0 aliphatic rings. The maximum atomic E-state index is 11.8. The fourth-order valence-electron chi connectivity index (χ4n) is 1.58. The lowest BCUT2D eigenvalue weighted by Gasteiger charge is -2.18. The Hall–Kier alpha value is -1.25. The number of nitrogens with one attached hydrogen (secondary N) is 1. The molecular formula is C12H19NO2. The summed E-state index contributed by atoms with van der Waals surface area (Å²) in [5.41, 5.74) is 2.52. The van der Waals surface area contributed by atoms with Crippen LogP contribution in [-0.2, 0) is 10.2 Å². The first kappa shape index (κ1) is 11.8. The molecule has 0 saturated carbocycles. The number of carbonyl (C=O) groups excluding carboxylic acids is 1. The standard InChI is InChI=1S/C12H19NO2/c1-6-15-11(14)10-8(2)13-7-9(10)12(3,4)5/h7,13H,6H2,1-5H3. The number of H-pyrrole nitrogens is 1. The molecule has 0 aliphatic heterocycles. The van der Waals surface area contributed by atoms with Crippen molar-refractivity contribution < 1.29 is 9.53 Å². The van der Waals surface area contributed by atoms with Crippen molar-refractivity contribution in [2.24, 2.45) is 0 Å². The lowest BCUT2D eigenvalue weighted by atomic mass is 9.86. The Bertz CT molecular complexity index is 358. The van der Waals surface area contributed by atoms with E-state index in [0.717, 1.165) is 11.3 Å². The number of hydrogen-bond acceptors (Lipinski definition) is 2. The maximum Gasteiger partial charge on any atom is 0.340 e. The third kappa shape index (κ3) is 2.41. The molecule has 1 rings (SSSR count). The Kier molecular flexibility index (Phi) is 3.22. The van der Waals surface area contributed by atoms with Crippen molar-refractivity contribution in [3.8, 4) is 0 Å². The van der Waals surface area contributed by atoms with Crippen LogP contribution in [0.5, 0.6) is 0 Å². The molecule has 0 fully saturated rings. The summed E-state index contributed by atoms with van der Waals surface area (Å²) in [7, 11) is 0. The highest BCUT2D eigenvalue weighted by atomic mass is 16.5. The SMILES string of the molecule is CCOC(=O)c1c(C(C)(C)C)c[nH]c1C. The number of aromatic amines is 1. The highest BCUT2D eigenvalue weighted by Gasteiger charge is 2.25. The minimum absolute atomic E-state index is 0.0488. The molecule has 0 spiro atoms. The van der Waals surface area contributed by atoms with Crippen molar-refractivity contribution in [3.63, 3.8) is 0 Å². The minimum atomic E-state index is -0.235. The molecule has 15 heavy (non-hydrogen) atoms. The molecule has 0 unspecified atom stereocenters. The molecule has 0 radical (unpaired) electrons. The van der Waals surface area contributed by atoms with Crippen LogP contribution in [0, 0.1) is 6.92 Å². The van der Waals surface area contributed by atoms with Crippen molar-refractivity contribution in [2.45, 2.75) is 40.0 Å². The molecule has 1 aromatic rings. The topological polar surface area (TPSA) is 42.1 Å².